The lowest BCUT2D eigenvalue weighted by Gasteiger charge is -2.36. The van der Waals surface area contributed by atoms with Gasteiger partial charge in [-0.25, -0.2) is 4.98 Å². The molecule has 172 valence electrons. The number of benzene rings is 2. The summed E-state index contributed by atoms with van der Waals surface area (Å²) in [6.45, 7) is 9.53. The lowest BCUT2D eigenvalue weighted by Crippen LogP contribution is -2.47. The van der Waals surface area contributed by atoms with Crippen molar-refractivity contribution in [2.75, 3.05) is 47.9 Å². The summed E-state index contributed by atoms with van der Waals surface area (Å²) in [5, 5.41) is 2.87. The van der Waals surface area contributed by atoms with Crippen LogP contribution in [-0.2, 0) is 4.79 Å². The molecule has 1 amide bonds. The van der Waals surface area contributed by atoms with Crippen molar-refractivity contribution in [2.45, 2.75) is 26.7 Å². The number of nitrogens with zero attached hydrogens (tertiary/aromatic N) is 4. The number of carbonyl (C=O) groups excluding carboxylic acids is 1. The number of carbonyl (C=O) groups is 1. The quantitative estimate of drug-likeness (QED) is 0.586. The van der Waals surface area contributed by atoms with Gasteiger partial charge in [0.25, 0.3) is 5.91 Å². The molecule has 2 heterocycles. The van der Waals surface area contributed by atoms with E-state index in [1.807, 2.05) is 37.3 Å². The number of aromatic nitrogens is 2. The highest BCUT2D eigenvalue weighted by Crippen LogP contribution is 2.21. The van der Waals surface area contributed by atoms with Crippen LogP contribution >= 0.6 is 0 Å². The molecule has 4 rings (SSSR count). The number of piperazine rings is 1. The van der Waals surface area contributed by atoms with Crippen molar-refractivity contribution in [2.24, 2.45) is 0 Å². The molecule has 0 radical (unpaired) electrons. The van der Waals surface area contributed by atoms with Gasteiger partial charge in [0.2, 0.25) is 11.8 Å². The molecule has 0 unspecified atom stereocenters. The molecular formula is C26H31N5O2. The van der Waals surface area contributed by atoms with Gasteiger partial charge in [-0.05, 0) is 42.7 Å². The van der Waals surface area contributed by atoms with Crippen molar-refractivity contribution in [1.82, 2.24) is 9.97 Å². The molecule has 0 spiro atoms. The third-order valence-corrected chi connectivity index (χ3v) is 5.72. The Balaban J connectivity index is 1.32. The zero-order valence-corrected chi connectivity index (χ0v) is 19.5. The number of anilines is 3. The van der Waals surface area contributed by atoms with Crippen LogP contribution in [0, 0.1) is 6.92 Å². The number of para-hydroxylation sites is 1. The van der Waals surface area contributed by atoms with Crippen molar-refractivity contribution < 1.29 is 9.53 Å². The van der Waals surface area contributed by atoms with Gasteiger partial charge in [0.05, 0.1) is 0 Å². The molecule has 33 heavy (non-hydrogen) atoms. The first-order chi connectivity index (χ1) is 16.0. The van der Waals surface area contributed by atoms with Crippen molar-refractivity contribution in [1.29, 1.82) is 0 Å². The van der Waals surface area contributed by atoms with Crippen molar-refractivity contribution in [3.63, 3.8) is 0 Å². The van der Waals surface area contributed by atoms with E-state index in [1.54, 1.807) is 6.07 Å². The zero-order chi connectivity index (χ0) is 23.2. The molecule has 1 aromatic heterocycles. The van der Waals surface area contributed by atoms with E-state index in [1.165, 1.54) is 11.3 Å². The van der Waals surface area contributed by atoms with Crippen molar-refractivity contribution >= 4 is 23.2 Å². The Bertz CT molecular complexity index is 1060. The van der Waals surface area contributed by atoms with Gasteiger partial charge in [0.15, 0.2) is 6.61 Å². The molecule has 1 N–H and O–H groups in total. The first-order valence-electron chi connectivity index (χ1n) is 11.4. The molecule has 3 aromatic rings. The first kappa shape index (κ1) is 22.6. The summed E-state index contributed by atoms with van der Waals surface area (Å²) in [6.07, 6.45) is 0. The highest BCUT2D eigenvalue weighted by molar-refractivity contribution is 5.91. The van der Waals surface area contributed by atoms with Crippen LogP contribution in [-0.4, -0.2) is 48.7 Å². The lowest BCUT2D eigenvalue weighted by molar-refractivity contribution is -0.118. The molecule has 1 saturated heterocycles. The predicted molar refractivity (Wildman–Crippen MR) is 132 cm³/mol. The Hall–Kier alpha value is -3.61. The fourth-order valence-electron chi connectivity index (χ4n) is 3.83. The Morgan fingerprint density at radius 1 is 0.970 bits per heavy atom. The van der Waals surface area contributed by atoms with Gasteiger partial charge in [0, 0.05) is 49.3 Å². The molecular weight excluding hydrogens is 414 g/mol. The highest BCUT2D eigenvalue weighted by atomic mass is 16.5. The van der Waals surface area contributed by atoms with E-state index in [4.69, 9.17) is 4.74 Å². The third kappa shape index (κ3) is 6.00. The van der Waals surface area contributed by atoms with Gasteiger partial charge < -0.3 is 19.9 Å². The molecule has 1 fully saturated rings. The van der Waals surface area contributed by atoms with E-state index in [9.17, 15) is 4.79 Å². The normalized spacial score (nSPS) is 13.8. The second-order valence-electron chi connectivity index (χ2n) is 8.57. The fraction of sp³-hybridized carbons (Fsp3) is 0.346. The minimum atomic E-state index is -0.221. The summed E-state index contributed by atoms with van der Waals surface area (Å²) >= 11 is 0. The van der Waals surface area contributed by atoms with E-state index in [2.05, 4.69) is 63.2 Å². The number of amides is 1. The number of ether oxygens (including phenoxy) is 1. The zero-order valence-electron chi connectivity index (χ0n) is 19.5. The number of nitrogens with one attached hydrogen (secondary N) is 1. The van der Waals surface area contributed by atoms with Gasteiger partial charge >= 0.3 is 0 Å². The van der Waals surface area contributed by atoms with E-state index < -0.39 is 0 Å². The van der Waals surface area contributed by atoms with Crippen LogP contribution < -0.4 is 19.9 Å². The standard InChI is InChI=1S/C26H31N5O2/c1-19(2)21-9-11-22(12-10-21)28-24(32)18-33-25-17-20(3)27-26(29-25)31-15-13-30(14-16-31)23-7-5-4-6-8-23/h4-12,17,19H,13-16,18H2,1-3H3,(H,28,32). The Kier molecular flexibility index (Phi) is 7.07. The van der Waals surface area contributed by atoms with Gasteiger partial charge in [0.1, 0.15) is 0 Å². The van der Waals surface area contributed by atoms with E-state index in [0.29, 0.717) is 17.7 Å². The van der Waals surface area contributed by atoms with E-state index in [0.717, 1.165) is 37.6 Å². The highest BCUT2D eigenvalue weighted by Gasteiger charge is 2.20. The van der Waals surface area contributed by atoms with E-state index in [-0.39, 0.29) is 12.5 Å². The monoisotopic (exact) mass is 445 g/mol. The lowest BCUT2D eigenvalue weighted by atomic mass is 10.0. The Morgan fingerprint density at radius 3 is 2.30 bits per heavy atom. The SMILES string of the molecule is Cc1cc(OCC(=O)Nc2ccc(C(C)C)cc2)nc(N2CCN(c3ccccc3)CC2)n1. The molecule has 0 bridgehead atoms. The molecule has 0 saturated carbocycles. The predicted octanol–water partition coefficient (Wildman–Crippen LogP) is 4.25. The molecule has 0 atom stereocenters. The largest absolute Gasteiger partial charge is 0.467 e. The van der Waals surface area contributed by atoms with Crippen LogP contribution in [0.1, 0.15) is 31.0 Å². The number of rotatable bonds is 7. The summed E-state index contributed by atoms with van der Waals surface area (Å²) in [4.78, 5) is 26.0. The third-order valence-electron chi connectivity index (χ3n) is 5.72. The smallest absolute Gasteiger partial charge is 0.262 e. The van der Waals surface area contributed by atoms with Crippen LogP contribution in [0.15, 0.2) is 60.7 Å². The average Bonchev–Trinajstić information content (AvgIpc) is 2.83. The minimum Gasteiger partial charge on any atom is -0.467 e. The van der Waals surface area contributed by atoms with Gasteiger partial charge in [-0.1, -0.05) is 44.2 Å². The maximum absolute atomic E-state index is 12.4. The maximum Gasteiger partial charge on any atom is 0.262 e. The van der Waals surface area contributed by atoms with Crippen LogP contribution in [0.5, 0.6) is 5.88 Å². The van der Waals surface area contributed by atoms with Crippen molar-refractivity contribution in [3.05, 3.63) is 71.9 Å². The van der Waals surface area contributed by atoms with Crippen LogP contribution in [0.3, 0.4) is 0 Å². The van der Waals surface area contributed by atoms with Crippen LogP contribution in [0.4, 0.5) is 17.3 Å². The molecule has 2 aromatic carbocycles. The Labute approximate surface area is 195 Å². The molecule has 0 aliphatic carbocycles. The summed E-state index contributed by atoms with van der Waals surface area (Å²) in [6, 6.07) is 20.1. The summed E-state index contributed by atoms with van der Waals surface area (Å²) < 4.78 is 5.70. The van der Waals surface area contributed by atoms with Crippen LogP contribution in [0.2, 0.25) is 0 Å². The maximum atomic E-state index is 12.4. The average molecular weight is 446 g/mol. The summed E-state index contributed by atoms with van der Waals surface area (Å²) in [7, 11) is 0. The molecule has 7 nitrogen and oxygen atoms in total. The number of aryl methyl sites for hydroxylation is 1. The minimum absolute atomic E-state index is 0.108. The van der Waals surface area contributed by atoms with Crippen LogP contribution in [0.25, 0.3) is 0 Å². The van der Waals surface area contributed by atoms with Crippen molar-refractivity contribution in [3.8, 4) is 5.88 Å². The van der Waals surface area contributed by atoms with E-state index >= 15 is 0 Å². The fourth-order valence-corrected chi connectivity index (χ4v) is 3.83. The molecule has 1 aliphatic heterocycles. The first-order valence-corrected chi connectivity index (χ1v) is 11.4. The Morgan fingerprint density at radius 2 is 1.64 bits per heavy atom. The van der Waals surface area contributed by atoms with Gasteiger partial charge in [-0.3, -0.25) is 4.79 Å². The van der Waals surface area contributed by atoms with Gasteiger partial charge in [-0.2, -0.15) is 4.98 Å². The summed E-state index contributed by atoms with van der Waals surface area (Å²) in [5.41, 5.74) is 4.03. The topological polar surface area (TPSA) is 70.6 Å². The second kappa shape index (κ2) is 10.3. The van der Waals surface area contributed by atoms with Gasteiger partial charge in [-0.15, -0.1) is 0 Å². The molecule has 7 heteroatoms. The second-order valence-corrected chi connectivity index (χ2v) is 8.57. The summed E-state index contributed by atoms with van der Waals surface area (Å²) in [5.74, 6) is 1.28. The molecule has 1 aliphatic rings. The number of hydrogen-bond acceptors (Lipinski definition) is 6. The number of hydrogen-bond donors (Lipinski definition) is 1.